The Morgan fingerprint density at radius 2 is 1.93 bits per heavy atom. The minimum Gasteiger partial charge on any atom is -0.494 e. The van der Waals surface area contributed by atoms with Crippen molar-refractivity contribution in [2.24, 2.45) is 0 Å². The van der Waals surface area contributed by atoms with Crippen molar-refractivity contribution in [1.29, 1.82) is 0 Å². The highest BCUT2D eigenvalue weighted by Gasteiger charge is 2.18. The summed E-state index contributed by atoms with van der Waals surface area (Å²) >= 11 is 0. The van der Waals surface area contributed by atoms with Gasteiger partial charge < -0.3 is 14.5 Å². The highest BCUT2D eigenvalue weighted by molar-refractivity contribution is 6.09. The van der Waals surface area contributed by atoms with Gasteiger partial charge in [-0.15, -0.1) is 0 Å². The summed E-state index contributed by atoms with van der Waals surface area (Å²) in [6.07, 6.45) is 6.03. The van der Waals surface area contributed by atoms with Gasteiger partial charge in [-0.1, -0.05) is 19.4 Å². The number of fused-ring (bicyclic) bond motifs is 1. The number of aromatic nitrogens is 1. The second kappa shape index (κ2) is 9.38. The molecule has 142 valence electrons. The van der Waals surface area contributed by atoms with E-state index in [0.29, 0.717) is 12.2 Å². The summed E-state index contributed by atoms with van der Waals surface area (Å²) in [5.41, 5.74) is 3.66. The van der Waals surface area contributed by atoms with Gasteiger partial charge in [0.25, 0.3) is 0 Å². The lowest BCUT2D eigenvalue weighted by Crippen LogP contribution is -2.11. The molecule has 0 saturated carbocycles. The number of ether oxygens (including phenoxy) is 1. The van der Waals surface area contributed by atoms with Crippen molar-refractivity contribution < 1.29 is 9.53 Å². The van der Waals surface area contributed by atoms with E-state index in [1.54, 1.807) is 0 Å². The topological polar surface area (TPSA) is 42.7 Å². The highest BCUT2D eigenvalue weighted by atomic mass is 16.5. The fraction of sp³-hybridized carbons (Fsp3) is 0.348. The van der Waals surface area contributed by atoms with Crippen LogP contribution >= 0.6 is 0 Å². The molecule has 0 spiro atoms. The number of aryl methyl sites for hydroxylation is 1. The highest BCUT2D eigenvalue weighted by Crippen LogP contribution is 2.23. The Hall–Kier alpha value is -2.59. The Morgan fingerprint density at radius 3 is 2.67 bits per heavy atom. The molecule has 0 amide bonds. The van der Waals surface area contributed by atoms with Crippen LogP contribution in [0.5, 0.6) is 5.75 Å². The Kier molecular flexibility index (Phi) is 6.66. The molecular weight excluding hydrogens is 336 g/mol. The molecule has 0 atom stereocenters. The maximum Gasteiger partial charge on any atom is 0.210 e. The van der Waals surface area contributed by atoms with Gasteiger partial charge in [0.15, 0.2) is 0 Å². The van der Waals surface area contributed by atoms with Crippen LogP contribution in [0.25, 0.3) is 5.52 Å². The quantitative estimate of drug-likeness (QED) is 0.425. The number of nitrogens with one attached hydrogen (secondary N) is 1. The van der Waals surface area contributed by atoms with Crippen molar-refractivity contribution in [3.05, 3.63) is 71.5 Å². The molecule has 0 unspecified atom stereocenters. The molecule has 0 bridgehead atoms. The van der Waals surface area contributed by atoms with E-state index < -0.39 is 0 Å². The number of hydrogen-bond acceptors (Lipinski definition) is 3. The Morgan fingerprint density at radius 1 is 1.11 bits per heavy atom. The van der Waals surface area contributed by atoms with Gasteiger partial charge in [0.05, 0.1) is 12.3 Å². The fourth-order valence-corrected chi connectivity index (χ4v) is 3.27. The third-order valence-electron chi connectivity index (χ3n) is 4.73. The molecule has 0 aliphatic heterocycles. The zero-order valence-corrected chi connectivity index (χ0v) is 16.2. The minimum atomic E-state index is 0.0639. The van der Waals surface area contributed by atoms with Crippen molar-refractivity contribution in [2.75, 3.05) is 20.2 Å². The van der Waals surface area contributed by atoms with E-state index >= 15 is 0 Å². The number of ketones is 1. The Bertz CT molecular complexity index is 881. The van der Waals surface area contributed by atoms with Crippen LogP contribution in [0.3, 0.4) is 0 Å². The molecule has 3 rings (SSSR count). The first-order valence-corrected chi connectivity index (χ1v) is 9.75. The van der Waals surface area contributed by atoms with Crippen molar-refractivity contribution in [2.45, 2.75) is 32.6 Å². The SMILES string of the molecule is CCCCc1cc2ccccn2c1C(=O)c1ccc(OCCCNC)cc1. The second-order valence-electron chi connectivity index (χ2n) is 6.78. The van der Waals surface area contributed by atoms with E-state index in [1.165, 1.54) is 0 Å². The lowest BCUT2D eigenvalue weighted by molar-refractivity contribution is 0.103. The molecule has 27 heavy (non-hydrogen) atoms. The van der Waals surface area contributed by atoms with Gasteiger partial charge in [0.1, 0.15) is 5.75 Å². The van der Waals surface area contributed by atoms with Crippen molar-refractivity contribution in [3.8, 4) is 5.75 Å². The van der Waals surface area contributed by atoms with Crippen LogP contribution in [-0.2, 0) is 6.42 Å². The van der Waals surface area contributed by atoms with Crippen LogP contribution in [0.2, 0.25) is 0 Å². The summed E-state index contributed by atoms with van der Waals surface area (Å²) in [7, 11) is 1.93. The van der Waals surface area contributed by atoms with Gasteiger partial charge >= 0.3 is 0 Å². The molecule has 1 aromatic carbocycles. The molecule has 1 N–H and O–H groups in total. The minimum absolute atomic E-state index is 0.0639. The molecule has 4 nitrogen and oxygen atoms in total. The average molecular weight is 364 g/mol. The van der Waals surface area contributed by atoms with E-state index in [-0.39, 0.29) is 5.78 Å². The maximum atomic E-state index is 13.2. The molecule has 4 heteroatoms. The van der Waals surface area contributed by atoms with Crippen LogP contribution < -0.4 is 10.1 Å². The van der Waals surface area contributed by atoms with E-state index in [1.807, 2.05) is 60.1 Å². The number of pyridine rings is 1. The van der Waals surface area contributed by atoms with Crippen molar-refractivity contribution >= 4 is 11.3 Å². The van der Waals surface area contributed by atoms with Crippen LogP contribution in [-0.4, -0.2) is 30.4 Å². The molecule has 0 aliphatic rings. The van der Waals surface area contributed by atoms with Crippen LogP contribution in [0.15, 0.2) is 54.7 Å². The number of benzene rings is 1. The molecule has 0 fully saturated rings. The monoisotopic (exact) mass is 364 g/mol. The number of unbranched alkanes of at least 4 members (excludes halogenated alkanes) is 1. The standard InChI is InChI=1S/C23H28N2O2/c1-3-4-8-19-17-20-9-5-6-15-25(20)22(19)23(26)18-10-12-21(13-11-18)27-16-7-14-24-2/h5-6,9-13,15,17,24H,3-4,7-8,14,16H2,1-2H3. The van der Waals surface area contributed by atoms with Crippen LogP contribution in [0, 0.1) is 0 Å². The van der Waals surface area contributed by atoms with Gasteiger partial charge in [-0.25, -0.2) is 0 Å². The smallest absolute Gasteiger partial charge is 0.210 e. The Labute approximate surface area is 161 Å². The predicted molar refractivity (Wildman–Crippen MR) is 110 cm³/mol. The van der Waals surface area contributed by atoms with Crippen molar-refractivity contribution in [1.82, 2.24) is 9.72 Å². The van der Waals surface area contributed by atoms with E-state index in [4.69, 9.17) is 4.74 Å². The van der Waals surface area contributed by atoms with Gasteiger partial charge in [-0.2, -0.15) is 0 Å². The first-order chi connectivity index (χ1) is 13.2. The number of rotatable bonds is 10. The normalized spacial score (nSPS) is 11.0. The summed E-state index contributed by atoms with van der Waals surface area (Å²) in [5.74, 6) is 0.864. The summed E-state index contributed by atoms with van der Waals surface area (Å²) in [6.45, 7) is 3.77. The van der Waals surface area contributed by atoms with Gasteiger partial charge in [0, 0.05) is 17.3 Å². The molecule has 2 heterocycles. The third kappa shape index (κ3) is 4.58. The first-order valence-electron chi connectivity index (χ1n) is 9.75. The Balaban J connectivity index is 1.82. The molecule has 2 aromatic heterocycles. The number of hydrogen-bond donors (Lipinski definition) is 1. The summed E-state index contributed by atoms with van der Waals surface area (Å²) in [6, 6.07) is 15.7. The van der Waals surface area contributed by atoms with Gasteiger partial charge in [-0.3, -0.25) is 4.79 Å². The number of nitrogens with zero attached hydrogens (tertiary/aromatic N) is 1. The van der Waals surface area contributed by atoms with Crippen molar-refractivity contribution in [3.63, 3.8) is 0 Å². The summed E-state index contributed by atoms with van der Waals surface area (Å²) in [5, 5.41) is 3.10. The zero-order valence-electron chi connectivity index (χ0n) is 16.2. The molecule has 3 aromatic rings. The summed E-state index contributed by atoms with van der Waals surface area (Å²) in [4.78, 5) is 13.2. The third-order valence-corrected chi connectivity index (χ3v) is 4.73. The van der Waals surface area contributed by atoms with E-state index in [0.717, 1.165) is 54.8 Å². The lowest BCUT2D eigenvalue weighted by atomic mass is 10.0. The van der Waals surface area contributed by atoms with E-state index in [2.05, 4.69) is 18.3 Å². The second-order valence-corrected chi connectivity index (χ2v) is 6.78. The number of carbonyl (C=O) groups is 1. The lowest BCUT2D eigenvalue weighted by Gasteiger charge is -2.08. The van der Waals surface area contributed by atoms with Crippen LogP contribution in [0.4, 0.5) is 0 Å². The zero-order chi connectivity index (χ0) is 19.1. The predicted octanol–water partition coefficient (Wildman–Crippen LogP) is 4.50. The molecular formula is C23H28N2O2. The molecule has 0 aliphatic carbocycles. The fourth-order valence-electron chi connectivity index (χ4n) is 3.27. The first kappa shape index (κ1) is 19.2. The average Bonchev–Trinajstić information content (AvgIpc) is 3.08. The van der Waals surface area contributed by atoms with Gasteiger partial charge in [-0.05, 0) is 80.9 Å². The number of carbonyl (C=O) groups excluding carboxylic acids is 1. The van der Waals surface area contributed by atoms with Gasteiger partial charge in [0.2, 0.25) is 5.78 Å². The maximum absolute atomic E-state index is 13.2. The molecule has 0 radical (unpaired) electrons. The van der Waals surface area contributed by atoms with Crippen LogP contribution in [0.1, 0.15) is 47.8 Å². The molecule has 0 saturated heterocycles. The largest absolute Gasteiger partial charge is 0.494 e. The summed E-state index contributed by atoms with van der Waals surface area (Å²) < 4.78 is 7.73. The van der Waals surface area contributed by atoms with E-state index in [9.17, 15) is 4.79 Å².